The number of aliphatic imine (C=N–C) groups is 1. The van der Waals surface area contributed by atoms with Crippen LogP contribution in [-0.2, 0) is 0 Å². The Bertz CT molecular complexity index is 825. The molecule has 0 radical (unpaired) electrons. The van der Waals surface area contributed by atoms with E-state index in [0.29, 0.717) is 11.6 Å². The van der Waals surface area contributed by atoms with Gasteiger partial charge in [0.1, 0.15) is 12.4 Å². The van der Waals surface area contributed by atoms with Crippen molar-refractivity contribution in [3.63, 3.8) is 0 Å². The predicted molar refractivity (Wildman–Crippen MR) is 85.3 cm³/mol. The molecule has 9 heteroatoms. The van der Waals surface area contributed by atoms with Crippen molar-refractivity contribution >= 4 is 23.3 Å². The fourth-order valence-corrected chi connectivity index (χ4v) is 1.99. The van der Waals surface area contributed by atoms with Crippen LogP contribution in [0.1, 0.15) is 32.5 Å². The van der Waals surface area contributed by atoms with Crippen LogP contribution >= 0.6 is 0 Å². The fourth-order valence-electron chi connectivity index (χ4n) is 1.99. The van der Waals surface area contributed by atoms with E-state index in [9.17, 15) is 14.0 Å². The van der Waals surface area contributed by atoms with Gasteiger partial charge in [0, 0.05) is 12.6 Å². The third-order valence-corrected chi connectivity index (χ3v) is 3.04. The van der Waals surface area contributed by atoms with Crippen molar-refractivity contribution in [2.75, 3.05) is 11.9 Å². The molecular formula is C15H16FN5O3. The topological polar surface area (TPSA) is 137 Å². The highest BCUT2D eigenvalue weighted by Crippen LogP contribution is 2.18. The minimum atomic E-state index is -0.740. The van der Waals surface area contributed by atoms with Crippen molar-refractivity contribution < 1.29 is 18.4 Å². The van der Waals surface area contributed by atoms with Crippen LogP contribution in [0.2, 0.25) is 0 Å². The van der Waals surface area contributed by atoms with E-state index in [1.807, 2.05) is 0 Å². The molecule has 0 bridgehead atoms. The molecule has 126 valence electrons. The fraction of sp³-hybridized carbons (Fsp3) is 0.200. The van der Waals surface area contributed by atoms with E-state index in [1.54, 1.807) is 13.8 Å². The molecule has 0 fully saturated rings. The van der Waals surface area contributed by atoms with Crippen LogP contribution < -0.4 is 16.8 Å². The Morgan fingerprint density at radius 1 is 1.33 bits per heavy atom. The maximum Gasteiger partial charge on any atom is 0.293 e. The van der Waals surface area contributed by atoms with Gasteiger partial charge in [0.05, 0.1) is 11.3 Å². The number of anilines is 1. The van der Waals surface area contributed by atoms with E-state index in [2.05, 4.69) is 15.3 Å². The number of nitrogens with zero attached hydrogens (tertiary/aromatic N) is 2. The summed E-state index contributed by atoms with van der Waals surface area (Å²) in [7, 11) is 0. The molecule has 1 aromatic carbocycles. The highest BCUT2D eigenvalue weighted by atomic mass is 19.1. The van der Waals surface area contributed by atoms with Crippen LogP contribution in [-0.4, -0.2) is 29.2 Å². The first-order chi connectivity index (χ1) is 11.3. The number of oxazole rings is 1. The Labute approximate surface area is 136 Å². The number of halogens is 1. The molecule has 0 saturated carbocycles. The van der Waals surface area contributed by atoms with Gasteiger partial charge in [-0.05, 0) is 25.1 Å². The third-order valence-electron chi connectivity index (χ3n) is 3.04. The molecule has 0 aliphatic heterocycles. The smallest absolute Gasteiger partial charge is 0.293 e. The predicted octanol–water partition coefficient (Wildman–Crippen LogP) is 1.14. The van der Waals surface area contributed by atoms with Gasteiger partial charge in [-0.15, -0.1) is 0 Å². The van der Waals surface area contributed by atoms with E-state index in [0.717, 1.165) is 6.07 Å². The summed E-state index contributed by atoms with van der Waals surface area (Å²) >= 11 is 0. The molecule has 5 N–H and O–H groups in total. The highest BCUT2D eigenvalue weighted by molar-refractivity contribution is 6.04. The molecule has 24 heavy (non-hydrogen) atoms. The van der Waals surface area contributed by atoms with Crippen molar-refractivity contribution in [1.29, 1.82) is 0 Å². The van der Waals surface area contributed by atoms with E-state index < -0.39 is 24.1 Å². The molecule has 1 aromatic heterocycles. The number of carbonyl (C=O) groups excluding carboxylic acids is 2. The normalized spacial score (nSPS) is 10.3. The third kappa shape index (κ3) is 3.94. The van der Waals surface area contributed by atoms with E-state index in [4.69, 9.17) is 15.9 Å². The monoisotopic (exact) mass is 333 g/mol. The molecule has 0 aliphatic carbocycles. The van der Waals surface area contributed by atoms with Crippen LogP contribution in [0.3, 0.4) is 0 Å². The minimum absolute atomic E-state index is 0.0465. The van der Waals surface area contributed by atoms with Crippen molar-refractivity contribution in [2.45, 2.75) is 13.8 Å². The number of carbonyl (C=O) groups is 2. The quantitative estimate of drug-likeness (QED) is 0.426. The first-order valence-corrected chi connectivity index (χ1v) is 6.91. The number of benzene rings is 1. The Hall–Kier alpha value is -3.23. The van der Waals surface area contributed by atoms with E-state index in [-0.39, 0.29) is 23.0 Å². The number of amides is 1. The molecule has 0 aliphatic rings. The van der Waals surface area contributed by atoms with Gasteiger partial charge < -0.3 is 21.2 Å². The molecule has 2 rings (SSSR count). The first-order valence-electron chi connectivity index (χ1n) is 6.91. The number of hydrogen-bond donors (Lipinski definition) is 3. The summed E-state index contributed by atoms with van der Waals surface area (Å²) in [5.74, 6) is -1.79. The summed E-state index contributed by atoms with van der Waals surface area (Å²) < 4.78 is 19.0. The lowest BCUT2D eigenvalue weighted by Gasteiger charge is -2.07. The number of aromatic nitrogens is 1. The van der Waals surface area contributed by atoms with Gasteiger partial charge in [0.15, 0.2) is 17.6 Å². The number of nitrogens with two attached hydrogens (primary N) is 2. The highest BCUT2D eigenvalue weighted by Gasteiger charge is 2.18. The number of aryl methyl sites for hydroxylation is 2. The van der Waals surface area contributed by atoms with Crippen LogP contribution in [0, 0.1) is 19.7 Å². The van der Waals surface area contributed by atoms with Crippen molar-refractivity contribution in [2.24, 2.45) is 16.5 Å². The van der Waals surface area contributed by atoms with Crippen molar-refractivity contribution in [3.8, 4) is 0 Å². The molecule has 2 aromatic rings. The summed E-state index contributed by atoms with van der Waals surface area (Å²) in [4.78, 5) is 31.6. The Morgan fingerprint density at radius 3 is 2.62 bits per heavy atom. The lowest BCUT2D eigenvalue weighted by molar-refractivity contribution is 0.0986. The maximum absolute atomic E-state index is 13.8. The lowest BCUT2D eigenvalue weighted by Crippen LogP contribution is -2.24. The Morgan fingerprint density at radius 2 is 2.04 bits per heavy atom. The van der Waals surface area contributed by atoms with Gasteiger partial charge in [-0.1, -0.05) is 0 Å². The van der Waals surface area contributed by atoms with Crippen molar-refractivity contribution in [3.05, 3.63) is 46.9 Å². The average molecular weight is 333 g/mol. The Balaban J connectivity index is 2.21. The van der Waals surface area contributed by atoms with Crippen LogP contribution in [0.15, 0.2) is 27.6 Å². The molecule has 1 heterocycles. The molecule has 1 amide bonds. The molecule has 0 atom stereocenters. The number of nitrogens with one attached hydrogen (secondary N) is 1. The van der Waals surface area contributed by atoms with Crippen LogP contribution in [0.25, 0.3) is 0 Å². The second-order valence-electron chi connectivity index (χ2n) is 4.96. The summed E-state index contributed by atoms with van der Waals surface area (Å²) in [5, 5.41) is 2.52. The zero-order valence-electron chi connectivity index (χ0n) is 13.1. The standard InChI is InChI=1S/C15H16FN5O3/c1-7-13(24-8(2)20-7)14(23)21-9-3-4-11(16)10(5-9)12(22)6-19-15(17)18/h3-5H,6H2,1-2H3,(H,21,23)(H4,17,18,19). The number of guanidine groups is 1. The Kier molecular flexibility index (Phi) is 4.93. The zero-order chi connectivity index (χ0) is 17.9. The number of Topliss-reactive ketones (excluding diaryl/α,β-unsaturated/α-hetero) is 1. The van der Waals surface area contributed by atoms with Crippen LogP contribution in [0.5, 0.6) is 0 Å². The SMILES string of the molecule is Cc1nc(C)c(C(=O)Nc2ccc(F)c(C(=O)CN=C(N)N)c2)o1. The molecule has 0 saturated heterocycles. The maximum atomic E-state index is 13.8. The summed E-state index contributed by atoms with van der Waals surface area (Å²) in [6.45, 7) is 2.85. The van der Waals surface area contributed by atoms with Crippen LogP contribution in [0.4, 0.5) is 10.1 Å². The summed E-state index contributed by atoms with van der Waals surface area (Å²) in [6.07, 6.45) is 0. The summed E-state index contributed by atoms with van der Waals surface area (Å²) in [6, 6.07) is 3.59. The minimum Gasteiger partial charge on any atom is -0.436 e. The largest absolute Gasteiger partial charge is 0.436 e. The first kappa shape index (κ1) is 17.1. The van der Waals surface area contributed by atoms with Gasteiger partial charge in [-0.2, -0.15) is 0 Å². The van der Waals surface area contributed by atoms with E-state index in [1.165, 1.54) is 12.1 Å². The molecule has 8 nitrogen and oxygen atoms in total. The van der Waals surface area contributed by atoms with Gasteiger partial charge >= 0.3 is 0 Å². The van der Waals surface area contributed by atoms with Gasteiger partial charge in [0.25, 0.3) is 5.91 Å². The zero-order valence-corrected chi connectivity index (χ0v) is 13.1. The number of hydrogen-bond acceptors (Lipinski definition) is 5. The van der Waals surface area contributed by atoms with Gasteiger partial charge in [-0.25, -0.2) is 14.4 Å². The second-order valence-corrected chi connectivity index (χ2v) is 4.96. The van der Waals surface area contributed by atoms with E-state index >= 15 is 0 Å². The lowest BCUT2D eigenvalue weighted by atomic mass is 10.1. The van der Waals surface area contributed by atoms with Crippen molar-refractivity contribution in [1.82, 2.24) is 4.98 Å². The molecule has 0 unspecified atom stereocenters. The average Bonchev–Trinajstić information content (AvgIpc) is 2.85. The second kappa shape index (κ2) is 6.90. The number of ketones is 1. The number of rotatable bonds is 5. The van der Waals surface area contributed by atoms with Gasteiger partial charge in [-0.3, -0.25) is 9.59 Å². The molecular weight excluding hydrogens is 317 g/mol. The van der Waals surface area contributed by atoms with Gasteiger partial charge in [0.2, 0.25) is 5.76 Å². The summed E-state index contributed by atoms with van der Waals surface area (Å²) in [5.41, 5.74) is 10.7. The molecule has 0 spiro atoms.